The van der Waals surface area contributed by atoms with Crippen LogP contribution in [0.2, 0.25) is 0 Å². The van der Waals surface area contributed by atoms with E-state index in [1.165, 1.54) is 4.90 Å². The molecule has 0 bridgehead atoms. The Morgan fingerprint density at radius 3 is 2.50 bits per heavy atom. The lowest BCUT2D eigenvalue weighted by Gasteiger charge is -2.42. The van der Waals surface area contributed by atoms with Gasteiger partial charge in [0.2, 0.25) is 0 Å². The topological polar surface area (TPSA) is 69.6 Å². The van der Waals surface area contributed by atoms with Gasteiger partial charge in [-0.25, -0.2) is 9.78 Å². The fourth-order valence-corrected chi connectivity index (χ4v) is 3.94. The summed E-state index contributed by atoms with van der Waals surface area (Å²) in [6.07, 6.45) is -4.64. The maximum atomic E-state index is 12.8. The minimum Gasteiger partial charge on any atom is -0.465 e. The zero-order valence-electron chi connectivity index (χ0n) is 12.9. The Morgan fingerprint density at radius 2 is 1.96 bits per heavy atom. The number of fused-ring (bicyclic) bond motifs is 1. The Balaban J connectivity index is 1.89. The summed E-state index contributed by atoms with van der Waals surface area (Å²) in [6.45, 7) is 4.46. The van der Waals surface area contributed by atoms with Gasteiger partial charge in [0.25, 0.3) is 0 Å². The summed E-state index contributed by atoms with van der Waals surface area (Å²) < 4.78 is 38.7. The number of hydrogen-bond acceptors (Lipinski definition) is 5. The van der Waals surface area contributed by atoms with Crippen molar-refractivity contribution >= 4 is 32.9 Å². The molecule has 3 heterocycles. The summed E-state index contributed by atoms with van der Waals surface area (Å²) in [5.41, 5.74) is -0.536. The minimum atomic E-state index is -4.44. The predicted octanol–water partition coefficient (Wildman–Crippen LogP) is 3.29. The highest BCUT2D eigenvalue weighted by Gasteiger charge is 2.35. The van der Waals surface area contributed by atoms with Crippen molar-refractivity contribution in [2.45, 2.75) is 32.1 Å². The van der Waals surface area contributed by atoms with Crippen molar-refractivity contribution in [3.63, 3.8) is 0 Å². The van der Waals surface area contributed by atoms with E-state index in [1.54, 1.807) is 13.8 Å². The van der Waals surface area contributed by atoms with Gasteiger partial charge in [-0.1, -0.05) is 11.3 Å². The molecule has 1 saturated heterocycles. The molecule has 1 N–H and O–H groups in total. The molecule has 0 unspecified atom stereocenters. The molecule has 10 heteroatoms. The molecule has 3 rings (SSSR count). The van der Waals surface area contributed by atoms with Crippen LogP contribution in [0, 0.1) is 0 Å². The lowest BCUT2D eigenvalue weighted by molar-refractivity contribution is -0.137. The number of halogens is 3. The van der Waals surface area contributed by atoms with Crippen LogP contribution in [0.25, 0.3) is 10.3 Å². The molecule has 1 aliphatic heterocycles. The first kappa shape index (κ1) is 16.7. The molecule has 6 nitrogen and oxygen atoms in total. The highest BCUT2D eigenvalue weighted by atomic mass is 32.1. The highest BCUT2D eigenvalue weighted by Crippen LogP contribution is 2.35. The third-order valence-electron chi connectivity index (χ3n) is 3.97. The van der Waals surface area contributed by atoms with Crippen LogP contribution in [0.1, 0.15) is 19.4 Å². The Kier molecular flexibility index (Phi) is 4.02. The first-order valence-electron chi connectivity index (χ1n) is 7.27. The first-order valence-corrected chi connectivity index (χ1v) is 8.08. The molecule has 0 spiro atoms. The number of alkyl halides is 3. The largest absolute Gasteiger partial charge is 0.465 e. The molecule has 1 amide bonds. The third-order valence-corrected chi connectivity index (χ3v) is 5.03. The van der Waals surface area contributed by atoms with Crippen molar-refractivity contribution in [1.29, 1.82) is 0 Å². The number of nitrogens with zero attached hydrogens (tertiary/aromatic N) is 4. The van der Waals surface area contributed by atoms with Gasteiger partial charge in [0.05, 0.1) is 22.3 Å². The molecular formula is C14H15F3N4O2S. The third kappa shape index (κ3) is 2.97. The van der Waals surface area contributed by atoms with E-state index in [9.17, 15) is 23.1 Å². The molecular weight excluding hydrogens is 345 g/mol. The molecule has 0 aromatic carbocycles. The molecule has 130 valence electrons. The fraction of sp³-hybridized carbons (Fsp3) is 0.500. The zero-order valence-corrected chi connectivity index (χ0v) is 13.7. The second-order valence-corrected chi connectivity index (χ2v) is 6.84. The number of carboxylic acid groups (broad SMARTS) is 1. The van der Waals surface area contributed by atoms with E-state index in [2.05, 4.69) is 9.97 Å². The SMILES string of the molecule is C[C@@H]1CN(c2nc3ncc(C(F)(F)F)cc3s2)C[C@H](C)N1C(=O)O. The van der Waals surface area contributed by atoms with Crippen LogP contribution in [0.15, 0.2) is 12.3 Å². The highest BCUT2D eigenvalue weighted by molar-refractivity contribution is 7.22. The molecule has 1 fully saturated rings. The number of hydrogen-bond donors (Lipinski definition) is 1. The molecule has 0 aliphatic carbocycles. The van der Waals surface area contributed by atoms with E-state index in [0.717, 1.165) is 23.6 Å². The molecule has 1 aliphatic rings. The maximum absolute atomic E-state index is 12.8. The van der Waals surface area contributed by atoms with E-state index in [-0.39, 0.29) is 17.7 Å². The molecule has 0 radical (unpaired) electrons. The van der Waals surface area contributed by atoms with Crippen LogP contribution in [0.3, 0.4) is 0 Å². The summed E-state index contributed by atoms with van der Waals surface area (Å²) in [4.78, 5) is 22.6. The van der Waals surface area contributed by atoms with Crippen LogP contribution in [-0.4, -0.2) is 51.2 Å². The van der Waals surface area contributed by atoms with Gasteiger partial charge in [-0.3, -0.25) is 4.90 Å². The second-order valence-electron chi connectivity index (χ2n) is 5.83. The smallest absolute Gasteiger partial charge is 0.417 e. The predicted molar refractivity (Wildman–Crippen MR) is 83.4 cm³/mol. The Bertz CT molecular complexity index is 767. The van der Waals surface area contributed by atoms with Crippen molar-refractivity contribution in [1.82, 2.24) is 14.9 Å². The van der Waals surface area contributed by atoms with Crippen LogP contribution in [-0.2, 0) is 6.18 Å². The van der Waals surface area contributed by atoms with Gasteiger partial charge < -0.3 is 10.0 Å². The average Bonchev–Trinajstić information content (AvgIpc) is 2.87. The van der Waals surface area contributed by atoms with Gasteiger partial charge in [0.1, 0.15) is 0 Å². The van der Waals surface area contributed by atoms with Crippen molar-refractivity contribution in [3.05, 3.63) is 17.8 Å². The number of carbonyl (C=O) groups is 1. The van der Waals surface area contributed by atoms with Crippen LogP contribution in [0.4, 0.5) is 23.1 Å². The van der Waals surface area contributed by atoms with E-state index >= 15 is 0 Å². The Morgan fingerprint density at radius 1 is 1.33 bits per heavy atom. The van der Waals surface area contributed by atoms with Gasteiger partial charge in [-0.15, -0.1) is 0 Å². The molecule has 0 saturated carbocycles. The summed E-state index contributed by atoms with van der Waals surface area (Å²) in [5.74, 6) is 0. The standard InChI is InChI=1S/C14H15F3N4O2S/c1-7-5-20(6-8(2)21(7)13(22)23)12-19-11-10(24-12)3-9(4-18-11)14(15,16)17/h3-4,7-8H,5-6H2,1-2H3,(H,22,23)/t7-,8+. The molecule has 2 atom stereocenters. The second kappa shape index (κ2) is 5.76. The number of anilines is 1. The molecule has 2 aromatic rings. The van der Waals surface area contributed by atoms with Crippen LogP contribution in [0.5, 0.6) is 0 Å². The van der Waals surface area contributed by atoms with E-state index in [4.69, 9.17) is 0 Å². The lowest BCUT2D eigenvalue weighted by atomic mass is 10.1. The van der Waals surface area contributed by atoms with Crippen molar-refractivity contribution in [3.8, 4) is 0 Å². The fourth-order valence-electron chi connectivity index (χ4n) is 2.95. The van der Waals surface area contributed by atoms with Gasteiger partial charge in [0, 0.05) is 19.3 Å². The van der Waals surface area contributed by atoms with Gasteiger partial charge in [-0.2, -0.15) is 18.2 Å². The average molecular weight is 360 g/mol. The van der Waals surface area contributed by atoms with Gasteiger partial charge in [0.15, 0.2) is 10.8 Å². The number of thiazole rings is 1. The van der Waals surface area contributed by atoms with E-state index in [0.29, 0.717) is 22.9 Å². The van der Waals surface area contributed by atoms with Gasteiger partial charge >= 0.3 is 12.3 Å². The summed E-state index contributed by atoms with van der Waals surface area (Å²) in [7, 11) is 0. The molecule has 2 aromatic heterocycles. The maximum Gasteiger partial charge on any atom is 0.417 e. The number of pyridine rings is 1. The normalized spacial score (nSPS) is 22.2. The van der Waals surface area contributed by atoms with E-state index in [1.807, 2.05) is 4.90 Å². The Labute approximate surface area is 139 Å². The van der Waals surface area contributed by atoms with Gasteiger partial charge in [-0.05, 0) is 19.9 Å². The summed E-state index contributed by atoms with van der Waals surface area (Å²) in [5, 5.41) is 9.79. The quantitative estimate of drug-likeness (QED) is 0.845. The zero-order chi connectivity index (χ0) is 17.6. The van der Waals surface area contributed by atoms with Crippen LogP contribution < -0.4 is 4.90 Å². The number of piperazine rings is 1. The lowest BCUT2D eigenvalue weighted by Crippen LogP contribution is -2.58. The monoisotopic (exact) mass is 360 g/mol. The van der Waals surface area contributed by atoms with E-state index < -0.39 is 17.8 Å². The number of aromatic nitrogens is 2. The molecule has 24 heavy (non-hydrogen) atoms. The van der Waals surface area contributed by atoms with Crippen molar-refractivity contribution < 1.29 is 23.1 Å². The first-order chi connectivity index (χ1) is 11.2. The number of amides is 1. The number of rotatable bonds is 1. The minimum absolute atomic E-state index is 0.239. The summed E-state index contributed by atoms with van der Waals surface area (Å²) in [6, 6.07) is 0.568. The van der Waals surface area contributed by atoms with Crippen LogP contribution >= 0.6 is 11.3 Å². The summed E-state index contributed by atoms with van der Waals surface area (Å²) >= 11 is 1.13. The van der Waals surface area contributed by atoms with Crippen molar-refractivity contribution in [2.75, 3.05) is 18.0 Å². The Hall–Kier alpha value is -2.10. The van der Waals surface area contributed by atoms with Crippen molar-refractivity contribution in [2.24, 2.45) is 0 Å².